The molecular weight excluding hydrogens is 314 g/mol. The monoisotopic (exact) mass is 331 g/mol. The van der Waals surface area contributed by atoms with E-state index in [1.54, 1.807) is 24.8 Å². The Bertz CT molecular complexity index is 1010. The Kier molecular flexibility index (Phi) is 3.85. The molecule has 0 amide bonds. The number of hydrogen-bond donors (Lipinski definition) is 0. The lowest BCUT2D eigenvalue weighted by atomic mass is 10.1. The molecule has 1 aromatic carbocycles. The molecule has 4 aromatic rings. The summed E-state index contributed by atoms with van der Waals surface area (Å²) in [4.78, 5) is 17.1. The summed E-state index contributed by atoms with van der Waals surface area (Å²) in [7, 11) is 0. The SMILES string of the molecule is CC(C)Oc1cccc(-c2cn3c(-c4cncnc4)cnc3cn2)c1. The number of ether oxygens (including phenoxy) is 1. The molecule has 3 aromatic heterocycles. The molecule has 124 valence electrons. The zero-order valence-corrected chi connectivity index (χ0v) is 14.0. The van der Waals surface area contributed by atoms with Gasteiger partial charge < -0.3 is 4.74 Å². The summed E-state index contributed by atoms with van der Waals surface area (Å²) in [5.41, 5.74) is 4.44. The lowest BCUT2D eigenvalue weighted by Crippen LogP contribution is -2.05. The van der Waals surface area contributed by atoms with Gasteiger partial charge in [-0.1, -0.05) is 12.1 Å². The second kappa shape index (κ2) is 6.32. The van der Waals surface area contributed by atoms with Crippen LogP contribution in [0.2, 0.25) is 0 Å². The Labute approximate surface area is 145 Å². The fourth-order valence-electron chi connectivity index (χ4n) is 2.68. The highest BCUT2D eigenvalue weighted by Crippen LogP contribution is 2.25. The molecule has 0 aliphatic heterocycles. The molecule has 0 radical (unpaired) electrons. The van der Waals surface area contributed by atoms with Crippen molar-refractivity contribution in [3.05, 3.63) is 61.6 Å². The molecule has 0 aliphatic rings. The van der Waals surface area contributed by atoms with Gasteiger partial charge in [-0.3, -0.25) is 9.38 Å². The lowest BCUT2D eigenvalue weighted by Gasteiger charge is -2.11. The summed E-state index contributed by atoms with van der Waals surface area (Å²) < 4.78 is 7.78. The van der Waals surface area contributed by atoms with E-state index in [0.29, 0.717) is 0 Å². The van der Waals surface area contributed by atoms with Gasteiger partial charge in [-0.2, -0.15) is 0 Å². The molecule has 0 spiro atoms. The molecule has 0 bridgehead atoms. The molecule has 0 saturated heterocycles. The number of hydrogen-bond acceptors (Lipinski definition) is 5. The molecule has 0 atom stereocenters. The minimum atomic E-state index is 0.129. The second-order valence-electron chi connectivity index (χ2n) is 5.97. The van der Waals surface area contributed by atoms with Crippen molar-refractivity contribution in [2.75, 3.05) is 0 Å². The van der Waals surface area contributed by atoms with E-state index < -0.39 is 0 Å². The van der Waals surface area contributed by atoms with E-state index in [1.165, 1.54) is 6.33 Å². The number of nitrogens with zero attached hydrogens (tertiary/aromatic N) is 5. The minimum absolute atomic E-state index is 0.129. The topological polar surface area (TPSA) is 65.2 Å². The minimum Gasteiger partial charge on any atom is -0.491 e. The van der Waals surface area contributed by atoms with Crippen molar-refractivity contribution in [1.82, 2.24) is 24.3 Å². The van der Waals surface area contributed by atoms with Crippen molar-refractivity contribution in [3.8, 4) is 28.3 Å². The van der Waals surface area contributed by atoms with Crippen molar-refractivity contribution in [1.29, 1.82) is 0 Å². The van der Waals surface area contributed by atoms with E-state index in [-0.39, 0.29) is 6.10 Å². The number of rotatable bonds is 4. The van der Waals surface area contributed by atoms with Crippen molar-refractivity contribution in [3.63, 3.8) is 0 Å². The Morgan fingerprint density at radius 1 is 0.960 bits per heavy atom. The predicted molar refractivity (Wildman–Crippen MR) is 95.2 cm³/mol. The van der Waals surface area contributed by atoms with Crippen molar-refractivity contribution in [2.24, 2.45) is 0 Å². The van der Waals surface area contributed by atoms with Crippen LogP contribution in [0.5, 0.6) is 5.75 Å². The van der Waals surface area contributed by atoms with Crippen LogP contribution in [0, 0.1) is 0 Å². The van der Waals surface area contributed by atoms with Crippen LogP contribution < -0.4 is 4.74 Å². The van der Waals surface area contributed by atoms with Crippen molar-refractivity contribution >= 4 is 5.65 Å². The molecule has 0 fully saturated rings. The van der Waals surface area contributed by atoms with Crippen LogP contribution in [-0.2, 0) is 0 Å². The maximum Gasteiger partial charge on any atom is 0.155 e. The average Bonchev–Trinajstić information content (AvgIpc) is 3.05. The van der Waals surface area contributed by atoms with E-state index in [2.05, 4.69) is 19.9 Å². The molecule has 6 heteroatoms. The number of imidazole rings is 1. The standard InChI is InChI=1S/C19H17N5O/c1-13(2)25-16-5-3-4-14(6-16)17-11-24-18(9-23-19(24)10-22-17)15-7-20-12-21-8-15/h3-13H,1-2H3. The largest absolute Gasteiger partial charge is 0.491 e. The Morgan fingerprint density at radius 2 is 1.80 bits per heavy atom. The van der Waals surface area contributed by atoms with Crippen LogP contribution in [-0.4, -0.2) is 30.4 Å². The molecule has 0 aliphatic carbocycles. The fourth-order valence-corrected chi connectivity index (χ4v) is 2.68. The maximum absolute atomic E-state index is 5.78. The van der Waals surface area contributed by atoms with E-state index in [1.807, 2.05) is 48.7 Å². The fraction of sp³-hybridized carbons (Fsp3) is 0.158. The summed E-state index contributed by atoms with van der Waals surface area (Å²) in [6.45, 7) is 4.02. The van der Waals surface area contributed by atoms with Gasteiger partial charge in [0.05, 0.1) is 29.9 Å². The first-order valence-corrected chi connectivity index (χ1v) is 8.06. The quantitative estimate of drug-likeness (QED) is 0.571. The van der Waals surface area contributed by atoms with E-state index in [0.717, 1.165) is 33.9 Å². The Morgan fingerprint density at radius 3 is 2.60 bits per heavy atom. The third-order valence-corrected chi connectivity index (χ3v) is 3.75. The molecule has 3 heterocycles. The first-order chi connectivity index (χ1) is 12.2. The van der Waals surface area contributed by atoms with Crippen molar-refractivity contribution in [2.45, 2.75) is 20.0 Å². The van der Waals surface area contributed by atoms with Gasteiger partial charge in [0, 0.05) is 29.7 Å². The molecule has 25 heavy (non-hydrogen) atoms. The van der Waals surface area contributed by atoms with Crippen molar-refractivity contribution < 1.29 is 4.74 Å². The maximum atomic E-state index is 5.78. The number of aromatic nitrogens is 5. The summed E-state index contributed by atoms with van der Waals surface area (Å²) in [5.74, 6) is 0.830. The predicted octanol–water partition coefficient (Wildman–Crippen LogP) is 3.64. The van der Waals surface area contributed by atoms with Crippen LogP contribution in [0.4, 0.5) is 0 Å². The first kappa shape index (κ1) is 15.3. The third-order valence-electron chi connectivity index (χ3n) is 3.75. The van der Waals surface area contributed by atoms with Gasteiger partial charge in [-0.15, -0.1) is 0 Å². The normalized spacial score (nSPS) is 11.2. The zero-order valence-electron chi connectivity index (χ0n) is 14.0. The smallest absolute Gasteiger partial charge is 0.155 e. The van der Waals surface area contributed by atoms with Gasteiger partial charge in [-0.25, -0.2) is 15.0 Å². The number of benzene rings is 1. The summed E-state index contributed by atoms with van der Waals surface area (Å²) in [5, 5.41) is 0. The van der Waals surface area contributed by atoms with Crippen LogP contribution in [0.25, 0.3) is 28.2 Å². The third kappa shape index (κ3) is 3.06. The lowest BCUT2D eigenvalue weighted by molar-refractivity contribution is 0.242. The van der Waals surface area contributed by atoms with Gasteiger partial charge >= 0.3 is 0 Å². The average molecular weight is 331 g/mol. The van der Waals surface area contributed by atoms with Crippen LogP contribution in [0.3, 0.4) is 0 Å². The first-order valence-electron chi connectivity index (χ1n) is 8.06. The summed E-state index contributed by atoms with van der Waals surface area (Å²) in [6, 6.07) is 7.94. The van der Waals surface area contributed by atoms with E-state index in [9.17, 15) is 0 Å². The van der Waals surface area contributed by atoms with Crippen LogP contribution in [0.15, 0.2) is 61.6 Å². The summed E-state index contributed by atoms with van der Waals surface area (Å²) in [6.07, 6.45) is 10.7. The molecule has 0 unspecified atom stereocenters. The number of fused-ring (bicyclic) bond motifs is 1. The van der Waals surface area contributed by atoms with E-state index in [4.69, 9.17) is 4.74 Å². The Balaban J connectivity index is 1.79. The van der Waals surface area contributed by atoms with Gasteiger partial charge in [0.1, 0.15) is 12.1 Å². The second-order valence-corrected chi connectivity index (χ2v) is 5.97. The van der Waals surface area contributed by atoms with Crippen LogP contribution in [0.1, 0.15) is 13.8 Å². The van der Waals surface area contributed by atoms with Crippen LogP contribution >= 0.6 is 0 Å². The zero-order chi connectivity index (χ0) is 17.2. The molecule has 0 N–H and O–H groups in total. The van der Waals surface area contributed by atoms with Gasteiger partial charge in [0.15, 0.2) is 5.65 Å². The summed E-state index contributed by atoms with van der Waals surface area (Å²) >= 11 is 0. The highest BCUT2D eigenvalue weighted by atomic mass is 16.5. The molecule has 0 saturated carbocycles. The van der Waals surface area contributed by atoms with Gasteiger partial charge in [0.2, 0.25) is 0 Å². The highest BCUT2D eigenvalue weighted by molar-refractivity contribution is 5.66. The highest BCUT2D eigenvalue weighted by Gasteiger charge is 2.09. The molecule has 6 nitrogen and oxygen atoms in total. The van der Waals surface area contributed by atoms with Gasteiger partial charge in [-0.05, 0) is 26.0 Å². The Hall–Kier alpha value is -3.28. The van der Waals surface area contributed by atoms with Gasteiger partial charge in [0.25, 0.3) is 0 Å². The molecular formula is C19H17N5O. The molecule has 4 rings (SSSR count). The van der Waals surface area contributed by atoms with E-state index >= 15 is 0 Å².